The van der Waals surface area contributed by atoms with Gasteiger partial charge >= 0.3 is 0 Å². The highest BCUT2D eigenvalue weighted by molar-refractivity contribution is 5.93. The molecule has 5 heteroatoms. The number of nitrogens with two attached hydrogens (primary N) is 2. The minimum Gasteiger partial charge on any atom is -0.366 e. The van der Waals surface area contributed by atoms with Crippen LogP contribution in [0.15, 0.2) is 18.3 Å². The van der Waals surface area contributed by atoms with Crippen LogP contribution < -0.4 is 16.8 Å². The largest absolute Gasteiger partial charge is 0.366 e. The van der Waals surface area contributed by atoms with Gasteiger partial charge < -0.3 is 16.8 Å². The Morgan fingerprint density at radius 1 is 1.65 bits per heavy atom. The average molecular weight is 234 g/mol. The van der Waals surface area contributed by atoms with E-state index in [1.54, 1.807) is 18.3 Å². The smallest absolute Gasteiger partial charge is 0.248 e. The van der Waals surface area contributed by atoms with Gasteiger partial charge in [-0.05, 0) is 37.8 Å². The first-order valence-corrected chi connectivity index (χ1v) is 5.79. The van der Waals surface area contributed by atoms with Gasteiger partial charge in [-0.3, -0.25) is 4.79 Å². The third-order valence-electron chi connectivity index (χ3n) is 3.36. The number of primary amides is 1. The number of hydrogen-bond donors (Lipinski definition) is 3. The molecule has 2 rings (SSSR count). The topological polar surface area (TPSA) is 94.0 Å². The van der Waals surface area contributed by atoms with E-state index in [4.69, 9.17) is 11.5 Å². The van der Waals surface area contributed by atoms with Crippen LogP contribution in [-0.4, -0.2) is 23.0 Å². The number of pyridine rings is 1. The number of carbonyl (C=O) groups is 1. The quantitative estimate of drug-likeness (QED) is 0.699. The molecule has 0 bridgehead atoms. The molecule has 1 amide bonds. The summed E-state index contributed by atoms with van der Waals surface area (Å²) >= 11 is 0. The summed E-state index contributed by atoms with van der Waals surface area (Å²) in [5, 5.41) is 3.32. The number of rotatable bonds is 5. The molecule has 0 saturated heterocycles. The molecule has 0 spiro atoms. The van der Waals surface area contributed by atoms with Crippen molar-refractivity contribution < 1.29 is 4.79 Å². The molecule has 1 aromatic heterocycles. The summed E-state index contributed by atoms with van der Waals surface area (Å²) in [5.41, 5.74) is 11.4. The van der Waals surface area contributed by atoms with Gasteiger partial charge in [-0.1, -0.05) is 0 Å². The summed E-state index contributed by atoms with van der Waals surface area (Å²) in [7, 11) is 0. The zero-order valence-corrected chi connectivity index (χ0v) is 9.94. The summed E-state index contributed by atoms with van der Waals surface area (Å²) in [5.74, 6) is 0.795. The molecule has 1 unspecified atom stereocenters. The standard InChI is InChI=1S/C12H18N4O/c1-12(7-13,9-2-3-9)16-10-6-8(11(14)17)4-5-15-10/h4-6,9H,2-3,7,13H2,1H3,(H2,14,17)(H,15,16). The van der Waals surface area contributed by atoms with Crippen LogP contribution in [0.2, 0.25) is 0 Å². The van der Waals surface area contributed by atoms with Gasteiger partial charge in [-0.2, -0.15) is 0 Å². The third-order valence-corrected chi connectivity index (χ3v) is 3.36. The first kappa shape index (κ1) is 11.9. The maximum Gasteiger partial charge on any atom is 0.248 e. The van der Waals surface area contributed by atoms with E-state index in [2.05, 4.69) is 17.2 Å². The minimum absolute atomic E-state index is 0.150. The number of nitrogens with zero attached hydrogens (tertiary/aromatic N) is 1. The Morgan fingerprint density at radius 3 is 2.88 bits per heavy atom. The molecule has 5 nitrogen and oxygen atoms in total. The molecule has 0 radical (unpaired) electrons. The van der Waals surface area contributed by atoms with Crippen molar-refractivity contribution in [1.29, 1.82) is 0 Å². The maximum atomic E-state index is 11.1. The Morgan fingerprint density at radius 2 is 2.35 bits per heavy atom. The van der Waals surface area contributed by atoms with Crippen LogP contribution in [0.25, 0.3) is 0 Å². The van der Waals surface area contributed by atoms with E-state index in [0.29, 0.717) is 23.8 Å². The van der Waals surface area contributed by atoms with Crippen molar-refractivity contribution in [3.8, 4) is 0 Å². The molecule has 1 aliphatic carbocycles. The molecule has 92 valence electrons. The molecule has 0 aromatic carbocycles. The second-order valence-corrected chi connectivity index (χ2v) is 4.81. The second kappa shape index (κ2) is 4.33. The Labute approximate surface area is 101 Å². The van der Waals surface area contributed by atoms with Crippen LogP contribution in [-0.2, 0) is 0 Å². The second-order valence-electron chi connectivity index (χ2n) is 4.81. The van der Waals surface area contributed by atoms with Gasteiger partial charge in [0.2, 0.25) is 5.91 Å². The normalized spacial score (nSPS) is 18.5. The Kier molecular flexibility index (Phi) is 3.02. The van der Waals surface area contributed by atoms with Gasteiger partial charge in [-0.15, -0.1) is 0 Å². The molecule has 1 aliphatic rings. The molecule has 1 atom stereocenters. The lowest BCUT2D eigenvalue weighted by Gasteiger charge is -2.30. The molecule has 17 heavy (non-hydrogen) atoms. The lowest BCUT2D eigenvalue weighted by Crippen LogP contribution is -2.44. The zero-order chi connectivity index (χ0) is 12.5. The summed E-state index contributed by atoms with van der Waals surface area (Å²) in [6.07, 6.45) is 3.96. The fourth-order valence-electron chi connectivity index (χ4n) is 1.98. The number of aromatic nitrogens is 1. The monoisotopic (exact) mass is 234 g/mol. The average Bonchev–Trinajstić information content (AvgIpc) is 3.13. The summed E-state index contributed by atoms with van der Waals surface area (Å²) in [6.45, 7) is 2.63. The first-order chi connectivity index (χ1) is 8.05. The van der Waals surface area contributed by atoms with Gasteiger partial charge in [0, 0.05) is 18.3 Å². The molecule has 1 fully saturated rings. The lowest BCUT2D eigenvalue weighted by molar-refractivity contribution is 0.1000. The molecule has 0 aliphatic heterocycles. The van der Waals surface area contributed by atoms with Gasteiger partial charge in [0.15, 0.2) is 0 Å². The minimum atomic E-state index is -0.448. The van der Waals surface area contributed by atoms with E-state index in [-0.39, 0.29) is 5.54 Å². The van der Waals surface area contributed by atoms with Crippen molar-refractivity contribution in [3.63, 3.8) is 0 Å². The van der Waals surface area contributed by atoms with Crippen LogP contribution in [0.5, 0.6) is 0 Å². The van der Waals surface area contributed by atoms with Gasteiger partial charge in [0.1, 0.15) is 5.82 Å². The zero-order valence-electron chi connectivity index (χ0n) is 9.94. The third kappa shape index (κ3) is 2.55. The maximum absolute atomic E-state index is 11.1. The molecule has 5 N–H and O–H groups in total. The van der Waals surface area contributed by atoms with E-state index in [1.165, 1.54) is 12.8 Å². The highest BCUT2D eigenvalue weighted by Gasteiger charge is 2.40. The van der Waals surface area contributed by atoms with Gasteiger partial charge in [0.25, 0.3) is 0 Å². The fraction of sp³-hybridized carbons (Fsp3) is 0.500. The van der Waals surface area contributed by atoms with E-state index >= 15 is 0 Å². The van der Waals surface area contributed by atoms with Crippen molar-refractivity contribution in [1.82, 2.24) is 4.98 Å². The van der Waals surface area contributed by atoms with Crippen LogP contribution in [0.4, 0.5) is 5.82 Å². The van der Waals surface area contributed by atoms with Gasteiger partial charge in [0.05, 0.1) is 5.54 Å². The number of nitrogens with one attached hydrogen (secondary N) is 1. The van der Waals surface area contributed by atoms with Crippen molar-refractivity contribution >= 4 is 11.7 Å². The van der Waals surface area contributed by atoms with E-state index in [1.807, 2.05) is 0 Å². The van der Waals surface area contributed by atoms with Crippen LogP contribution in [0.1, 0.15) is 30.1 Å². The van der Waals surface area contributed by atoms with Gasteiger partial charge in [-0.25, -0.2) is 4.98 Å². The van der Waals surface area contributed by atoms with Crippen molar-refractivity contribution in [2.45, 2.75) is 25.3 Å². The molecular formula is C12H18N4O. The summed E-state index contributed by atoms with van der Waals surface area (Å²) in [6, 6.07) is 3.27. The predicted molar refractivity (Wildman–Crippen MR) is 66.6 cm³/mol. The number of amides is 1. The van der Waals surface area contributed by atoms with E-state index in [0.717, 1.165) is 0 Å². The highest BCUT2D eigenvalue weighted by Crippen LogP contribution is 2.40. The van der Waals surface area contributed by atoms with Crippen LogP contribution in [0, 0.1) is 5.92 Å². The van der Waals surface area contributed by atoms with E-state index in [9.17, 15) is 4.79 Å². The molecular weight excluding hydrogens is 216 g/mol. The van der Waals surface area contributed by atoms with Crippen molar-refractivity contribution in [2.75, 3.05) is 11.9 Å². The first-order valence-electron chi connectivity index (χ1n) is 5.79. The Balaban J connectivity index is 2.17. The number of carbonyl (C=O) groups excluding carboxylic acids is 1. The number of anilines is 1. The molecule has 1 saturated carbocycles. The van der Waals surface area contributed by atoms with E-state index < -0.39 is 5.91 Å². The lowest BCUT2D eigenvalue weighted by atomic mass is 9.96. The fourth-order valence-corrected chi connectivity index (χ4v) is 1.98. The number of hydrogen-bond acceptors (Lipinski definition) is 4. The summed E-state index contributed by atoms with van der Waals surface area (Å²) in [4.78, 5) is 15.3. The van der Waals surface area contributed by atoms with Crippen molar-refractivity contribution in [2.24, 2.45) is 17.4 Å². The van der Waals surface area contributed by atoms with Crippen LogP contribution >= 0.6 is 0 Å². The van der Waals surface area contributed by atoms with Crippen LogP contribution in [0.3, 0.4) is 0 Å². The highest BCUT2D eigenvalue weighted by atomic mass is 16.1. The molecule has 1 aromatic rings. The Bertz CT molecular complexity index is 430. The Hall–Kier alpha value is -1.62. The SMILES string of the molecule is CC(CN)(Nc1cc(C(N)=O)ccn1)C1CC1. The van der Waals surface area contributed by atoms with Crippen molar-refractivity contribution in [3.05, 3.63) is 23.9 Å². The summed E-state index contributed by atoms with van der Waals surface area (Å²) < 4.78 is 0. The predicted octanol–water partition coefficient (Wildman–Crippen LogP) is 0.720. The molecule has 1 heterocycles.